The zero-order valence-electron chi connectivity index (χ0n) is 9.66. The first-order chi connectivity index (χ1) is 7.56. The molecular weight excluding hydrogens is 202 g/mol. The summed E-state index contributed by atoms with van der Waals surface area (Å²) in [5.41, 5.74) is 7.45. The first kappa shape index (κ1) is 10.9. The molecule has 4 heteroatoms. The van der Waals surface area contributed by atoms with Crippen LogP contribution < -0.4 is 11.1 Å². The molecule has 1 fully saturated rings. The minimum absolute atomic E-state index is 0.0609. The zero-order chi connectivity index (χ0) is 11.7. The Kier molecular flexibility index (Phi) is 2.81. The van der Waals surface area contributed by atoms with E-state index in [1.54, 1.807) is 12.3 Å². The topological polar surface area (TPSA) is 68.0 Å². The first-order valence-corrected chi connectivity index (χ1v) is 5.59. The summed E-state index contributed by atoms with van der Waals surface area (Å²) in [6, 6.07) is 2.00. The van der Waals surface area contributed by atoms with E-state index >= 15 is 0 Å². The molecule has 0 bridgehead atoms. The number of amides is 1. The Morgan fingerprint density at radius 3 is 2.88 bits per heavy atom. The van der Waals surface area contributed by atoms with Gasteiger partial charge in [0, 0.05) is 6.04 Å². The molecule has 16 heavy (non-hydrogen) atoms. The van der Waals surface area contributed by atoms with Crippen molar-refractivity contribution in [1.82, 2.24) is 10.3 Å². The normalized spacial score (nSPS) is 23.6. The van der Waals surface area contributed by atoms with Gasteiger partial charge in [-0.25, -0.2) is 0 Å². The molecule has 86 valence electrons. The Balaban J connectivity index is 2.05. The second-order valence-corrected chi connectivity index (χ2v) is 4.65. The summed E-state index contributed by atoms with van der Waals surface area (Å²) >= 11 is 0. The van der Waals surface area contributed by atoms with Gasteiger partial charge in [0.05, 0.1) is 23.1 Å². The van der Waals surface area contributed by atoms with Crippen LogP contribution in [0.1, 0.15) is 35.8 Å². The third-order valence-corrected chi connectivity index (χ3v) is 3.06. The van der Waals surface area contributed by atoms with E-state index in [1.165, 1.54) is 0 Å². The van der Waals surface area contributed by atoms with Crippen LogP contribution in [0.5, 0.6) is 0 Å². The van der Waals surface area contributed by atoms with Crippen LogP contribution in [0.2, 0.25) is 0 Å². The number of aromatic nitrogens is 1. The molecule has 1 aliphatic rings. The van der Waals surface area contributed by atoms with Crippen molar-refractivity contribution in [2.24, 2.45) is 5.92 Å². The minimum atomic E-state index is -0.0609. The van der Waals surface area contributed by atoms with E-state index in [0.29, 0.717) is 17.3 Å². The van der Waals surface area contributed by atoms with Crippen molar-refractivity contribution in [2.75, 3.05) is 5.73 Å². The van der Waals surface area contributed by atoms with Gasteiger partial charge >= 0.3 is 0 Å². The molecule has 1 aromatic rings. The third kappa shape index (κ3) is 2.15. The maximum atomic E-state index is 11.9. The second-order valence-electron chi connectivity index (χ2n) is 4.65. The van der Waals surface area contributed by atoms with Gasteiger partial charge in [-0.05, 0) is 31.7 Å². The Morgan fingerprint density at radius 1 is 1.56 bits per heavy atom. The van der Waals surface area contributed by atoms with E-state index in [4.69, 9.17) is 5.73 Å². The number of hydrogen-bond acceptors (Lipinski definition) is 3. The van der Waals surface area contributed by atoms with E-state index in [-0.39, 0.29) is 5.91 Å². The summed E-state index contributed by atoms with van der Waals surface area (Å²) in [7, 11) is 0. The summed E-state index contributed by atoms with van der Waals surface area (Å²) in [4.78, 5) is 16.0. The summed E-state index contributed by atoms with van der Waals surface area (Å²) in [5, 5.41) is 3.00. The molecular formula is C12H17N3O. The fourth-order valence-corrected chi connectivity index (χ4v) is 2.06. The van der Waals surface area contributed by atoms with Crippen LogP contribution in [-0.4, -0.2) is 16.9 Å². The fourth-order valence-electron chi connectivity index (χ4n) is 2.06. The standard InChI is InChI=1S/C12H17N3O/c1-7-3-10(4-7)15-12(16)11-5-9(13)6-14-8(11)2/h5-7,10H,3-4,13H2,1-2H3,(H,15,16). The Bertz CT molecular complexity index is 411. The van der Waals surface area contributed by atoms with Gasteiger partial charge in [-0.15, -0.1) is 0 Å². The Labute approximate surface area is 95.3 Å². The number of nitrogen functional groups attached to an aromatic ring is 1. The summed E-state index contributed by atoms with van der Waals surface area (Å²) in [6.07, 6.45) is 3.71. The van der Waals surface area contributed by atoms with Crippen LogP contribution in [0.25, 0.3) is 0 Å². The maximum absolute atomic E-state index is 11.9. The predicted molar refractivity (Wildman–Crippen MR) is 63.0 cm³/mol. The number of hydrogen-bond donors (Lipinski definition) is 2. The van der Waals surface area contributed by atoms with E-state index < -0.39 is 0 Å². The van der Waals surface area contributed by atoms with Gasteiger partial charge in [-0.3, -0.25) is 9.78 Å². The van der Waals surface area contributed by atoms with Gasteiger partial charge < -0.3 is 11.1 Å². The fraction of sp³-hybridized carbons (Fsp3) is 0.500. The van der Waals surface area contributed by atoms with E-state index in [0.717, 1.165) is 24.5 Å². The molecule has 3 N–H and O–H groups in total. The van der Waals surface area contributed by atoms with Crippen LogP contribution in [0.4, 0.5) is 5.69 Å². The van der Waals surface area contributed by atoms with E-state index in [2.05, 4.69) is 17.2 Å². The number of nitrogens with zero attached hydrogens (tertiary/aromatic N) is 1. The highest BCUT2D eigenvalue weighted by Gasteiger charge is 2.27. The second kappa shape index (κ2) is 4.12. The van der Waals surface area contributed by atoms with Gasteiger partial charge in [-0.1, -0.05) is 6.92 Å². The number of anilines is 1. The average Bonchev–Trinajstić information content (AvgIpc) is 2.19. The van der Waals surface area contributed by atoms with Crippen molar-refractivity contribution in [3.63, 3.8) is 0 Å². The number of carbonyl (C=O) groups is 1. The lowest BCUT2D eigenvalue weighted by Crippen LogP contribution is -2.43. The number of carbonyl (C=O) groups excluding carboxylic acids is 1. The largest absolute Gasteiger partial charge is 0.397 e. The smallest absolute Gasteiger partial charge is 0.253 e. The number of nitrogens with one attached hydrogen (secondary N) is 1. The SMILES string of the molecule is Cc1ncc(N)cc1C(=O)NC1CC(C)C1. The van der Waals surface area contributed by atoms with Gasteiger partial charge in [0.2, 0.25) is 0 Å². The molecule has 0 spiro atoms. The monoisotopic (exact) mass is 219 g/mol. The van der Waals surface area contributed by atoms with Gasteiger partial charge in [0.1, 0.15) is 0 Å². The molecule has 4 nitrogen and oxygen atoms in total. The van der Waals surface area contributed by atoms with Crippen molar-refractivity contribution >= 4 is 11.6 Å². The molecule has 0 aliphatic heterocycles. The lowest BCUT2D eigenvalue weighted by atomic mass is 9.82. The lowest BCUT2D eigenvalue weighted by Gasteiger charge is -2.33. The van der Waals surface area contributed by atoms with Crippen LogP contribution in [-0.2, 0) is 0 Å². The molecule has 1 aromatic heterocycles. The molecule has 1 amide bonds. The van der Waals surface area contributed by atoms with Gasteiger partial charge in [0.25, 0.3) is 5.91 Å². The van der Waals surface area contributed by atoms with Crippen LogP contribution in [0.15, 0.2) is 12.3 Å². The summed E-state index contributed by atoms with van der Waals surface area (Å²) in [6.45, 7) is 4.01. The average molecular weight is 219 g/mol. The third-order valence-electron chi connectivity index (χ3n) is 3.06. The molecule has 0 radical (unpaired) electrons. The highest BCUT2D eigenvalue weighted by atomic mass is 16.1. The molecule has 1 aliphatic carbocycles. The highest BCUT2D eigenvalue weighted by molar-refractivity contribution is 5.96. The predicted octanol–water partition coefficient (Wildman–Crippen LogP) is 1.50. The molecule has 1 heterocycles. The molecule has 0 aromatic carbocycles. The quantitative estimate of drug-likeness (QED) is 0.792. The number of pyridine rings is 1. The molecule has 2 rings (SSSR count). The zero-order valence-corrected chi connectivity index (χ0v) is 9.66. The Morgan fingerprint density at radius 2 is 2.25 bits per heavy atom. The first-order valence-electron chi connectivity index (χ1n) is 5.59. The van der Waals surface area contributed by atoms with Crippen LogP contribution >= 0.6 is 0 Å². The molecule has 0 saturated heterocycles. The van der Waals surface area contributed by atoms with Crippen molar-refractivity contribution in [2.45, 2.75) is 32.7 Å². The molecule has 0 atom stereocenters. The van der Waals surface area contributed by atoms with Crippen molar-refractivity contribution in [3.8, 4) is 0 Å². The van der Waals surface area contributed by atoms with Crippen molar-refractivity contribution < 1.29 is 4.79 Å². The number of aryl methyl sites for hydroxylation is 1. The number of rotatable bonds is 2. The van der Waals surface area contributed by atoms with Gasteiger partial charge in [0.15, 0.2) is 0 Å². The number of nitrogens with two attached hydrogens (primary N) is 1. The van der Waals surface area contributed by atoms with Crippen molar-refractivity contribution in [3.05, 3.63) is 23.5 Å². The lowest BCUT2D eigenvalue weighted by molar-refractivity contribution is 0.0895. The summed E-state index contributed by atoms with van der Waals surface area (Å²) < 4.78 is 0. The van der Waals surface area contributed by atoms with Crippen molar-refractivity contribution in [1.29, 1.82) is 0 Å². The maximum Gasteiger partial charge on any atom is 0.253 e. The minimum Gasteiger partial charge on any atom is -0.397 e. The van der Waals surface area contributed by atoms with E-state index in [9.17, 15) is 4.79 Å². The molecule has 0 unspecified atom stereocenters. The Hall–Kier alpha value is -1.58. The van der Waals surface area contributed by atoms with Gasteiger partial charge in [-0.2, -0.15) is 0 Å². The highest BCUT2D eigenvalue weighted by Crippen LogP contribution is 2.26. The summed E-state index contributed by atoms with van der Waals surface area (Å²) in [5.74, 6) is 0.666. The molecule has 1 saturated carbocycles. The van der Waals surface area contributed by atoms with Crippen LogP contribution in [0.3, 0.4) is 0 Å². The van der Waals surface area contributed by atoms with Crippen LogP contribution in [0, 0.1) is 12.8 Å². The van der Waals surface area contributed by atoms with E-state index in [1.807, 2.05) is 6.92 Å².